The van der Waals surface area contributed by atoms with Crippen molar-refractivity contribution in [3.05, 3.63) is 16.8 Å². The predicted molar refractivity (Wildman–Crippen MR) is 97.0 cm³/mol. The molecule has 0 spiro atoms. The van der Waals surface area contributed by atoms with Crippen LogP contribution >= 0.6 is 23.2 Å². The summed E-state index contributed by atoms with van der Waals surface area (Å²) in [6.45, 7) is 3.38. The van der Waals surface area contributed by atoms with Crippen LogP contribution < -0.4 is 0 Å². The van der Waals surface area contributed by atoms with E-state index in [9.17, 15) is 14.4 Å². The van der Waals surface area contributed by atoms with E-state index < -0.39 is 42.4 Å². The molecular weight excluding hydrogens is 431 g/mol. The number of ether oxygens (including phenoxy) is 4. The van der Waals surface area contributed by atoms with Crippen molar-refractivity contribution < 1.29 is 33.3 Å². The molecule has 1 saturated heterocycles. The SMILES string of the molecule is CC(=O)OC[C@H]1O[C@@H](n2cnc3c(Cl)nc(Cl)nc32)[C@H](OC(C)=O)[C@H]1OC(C)=O. The first-order chi connectivity index (χ1) is 13.7. The van der Waals surface area contributed by atoms with Crippen molar-refractivity contribution in [2.45, 2.75) is 45.3 Å². The molecule has 3 heterocycles. The molecule has 0 bridgehead atoms. The maximum Gasteiger partial charge on any atom is 0.303 e. The summed E-state index contributed by atoms with van der Waals surface area (Å²) in [4.78, 5) is 46.6. The summed E-state index contributed by atoms with van der Waals surface area (Å²) < 4.78 is 23.0. The van der Waals surface area contributed by atoms with Gasteiger partial charge < -0.3 is 18.9 Å². The molecule has 0 amide bonds. The monoisotopic (exact) mass is 446 g/mol. The molecule has 2 aromatic rings. The first-order valence-electron chi connectivity index (χ1n) is 8.36. The number of carbonyl (C=O) groups excluding carboxylic acids is 3. The summed E-state index contributed by atoms with van der Waals surface area (Å²) in [5.41, 5.74) is 0.459. The molecule has 11 nitrogen and oxygen atoms in total. The van der Waals surface area contributed by atoms with Gasteiger partial charge in [0.25, 0.3) is 0 Å². The lowest BCUT2D eigenvalue weighted by molar-refractivity contribution is -0.166. The fourth-order valence-corrected chi connectivity index (χ4v) is 3.38. The van der Waals surface area contributed by atoms with Gasteiger partial charge in [0.1, 0.15) is 18.2 Å². The summed E-state index contributed by atoms with van der Waals surface area (Å²) in [5, 5.41) is -0.104. The number of halogens is 2. The second kappa shape index (κ2) is 8.47. The van der Waals surface area contributed by atoms with Crippen LogP contribution in [-0.2, 0) is 33.3 Å². The minimum absolute atomic E-state index is 0.0220. The van der Waals surface area contributed by atoms with Crippen molar-refractivity contribution in [1.82, 2.24) is 19.5 Å². The number of esters is 3. The van der Waals surface area contributed by atoms with Crippen molar-refractivity contribution in [1.29, 1.82) is 0 Å². The summed E-state index contributed by atoms with van der Waals surface area (Å²) in [7, 11) is 0. The van der Waals surface area contributed by atoms with Crippen LogP contribution in [0, 0.1) is 0 Å². The van der Waals surface area contributed by atoms with Crippen molar-refractivity contribution >= 4 is 52.3 Å². The lowest BCUT2D eigenvalue weighted by Gasteiger charge is -2.23. The third kappa shape index (κ3) is 4.57. The van der Waals surface area contributed by atoms with Crippen LogP contribution in [0.5, 0.6) is 0 Å². The van der Waals surface area contributed by atoms with Crippen molar-refractivity contribution in [2.75, 3.05) is 6.61 Å². The molecule has 0 radical (unpaired) electrons. The van der Waals surface area contributed by atoms with Gasteiger partial charge in [-0.25, -0.2) is 9.97 Å². The van der Waals surface area contributed by atoms with Gasteiger partial charge >= 0.3 is 17.9 Å². The van der Waals surface area contributed by atoms with E-state index in [0.29, 0.717) is 0 Å². The largest absolute Gasteiger partial charge is 0.463 e. The Morgan fingerprint density at radius 3 is 2.34 bits per heavy atom. The number of imidazole rings is 1. The Morgan fingerprint density at radius 1 is 1.07 bits per heavy atom. The molecule has 1 fully saturated rings. The third-order valence-corrected chi connectivity index (χ3v) is 4.40. The average Bonchev–Trinajstić information content (AvgIpc) is 3.15. The Kier molecular flexibility index (Phi) is 6.20. The number of fused-ring (bicyclic) bond motifs is 1. The molecular formula is C16H16Cl2N4O7. The summed E-state index contributed by atoms with van der Waals surface area (Å²) in [5.74, 6) is -1.82. The Hall–Kier alpha value is -2.50. The number of carbonyl (C=O) groups is 3. The maximum atomic E-state index is 11.7. The van der Waals surface area contributed by atoms with Gasteiger partial charge in [-0.1, -0.05) is 11.6 Å². The van der Waals surface area contributed by atoms with Crippen LogP contribution in [0.1, 0.15) is 27.0 Å². The van der Waals surface area contributed by atoms with Crippen LogP contribution in [0.25, 0.3) is 11.2 Å². The summed E-state index contributed by atoms with van der Waals surface area (Å²) in [6, 6.07) is 0. The Balaban J connectivity index is 2.04. The van der Waals surface area contributed by atoms with Gasteiger partial charge in [-0.05, 0) is 11.6 Å². The predicted octanol–water partition coefficient (Wildman–Crippen LogP) is 1.46. The fourth-order valence-electron chi connectivity index (χ4n) is 2.96. The smallest absolute Gasteiger partial charge is 0.303 e. The second-order valence-electron chi connectivity index (χ2n) is 6.12. The number of nitrogens with zero attached hydrogens (tertiary/aromatic N) is 4. The quantitative estimate of drug-likeness (QED) is 0.287. The standard InChI is InChI=1S/C16H16Cl2N4O7/c1-6(23)26-4-9-11(27-7(2)24)12(28-8(3)25)15(29-9)22-5-19-10-13(17)20-16(18)21-14(10)22/h5,9,11-12,15H,4H2,1-3H3/t9-,11+,12-,15-/m1/s1. The van der Waals surface area contributed by atoms with Crippen molar-refractivity contribution in [3.63, 3.8) is 0 Å². The van der Waals surface area contributed by atoms with Gasteiger partial charge in [-0.15, -0.1) is 0 Å². The molecule has 29 heavy (non-hydrogen) atoms. The first kappa shape index (κ1) is 21.2. The van der Waals surface area contributed by atoms with Crippen LogP contribution in [0.3, 0.4) is 0 Å². The van der Waals surface area contributed by atoms with Gasteiger partial charge in [0, 0.05) is 20.8 Å². The van der Waals surface area contributed by atoms with E-state index >= 15 is 0 Å². The molecule has 0 aliphatic carbocycles. The zero-order chi connectivity index (χ0) is 21.3. The zero-order valence-corrected chi connectivity index (χ0v) is 17.0. The van der Waals surface area contributed by atoms with Gasteiger partial charge in [-0.2, -0.15) is 4.98 Å². The summed E-state index contributed by atoms with van der Waals surface area (Å²) in [6.07, 6.45) is -2.71. The summed E-state index contributed by atoms with van der Waals surface area (Å²) >= 11 is 11.9. The molecule has 4 atom stereocenters. The van der Waals surface area contributed by atoms with Crippen LogP contribution in [-0.4, -0.2) is 62.3 Å². The lowest BCUT2D eigenvalue weighted by Crippen LogP contribution is -2.40. The van der Waals surface area contributed by atoms with Crippen LogP contribution in [0.2, 0.25) is 10.4 Å². The van der Waals surface area contributed by atoms with Crippen LogP contribution in [0.15, 0.2) is 6.33 Å². The van der Waals surface area contributed by atoms with Crippen LogP contribution in [0.4, 0.5) is 0 Å². The topological polar surface area (TPSA) is 132 Å². The first-order valence-corrected chi connectivity index (χ1v) is 9.11. The Bertz CT molecular complexity index is 966. The zero-order valence-electron chi connectivity index (χ0n) is 15.5. The van der Waals surface area contributed by atoms with E-state index in [1.165, 1.54) is 31.7 Å². The molecule has 13 heteroatoms. The Labute approximate surface area is 174 Å². The van der Waals surface area contributed by atoms with E-state index in [-0.39, 0.29) is 28.2 Å². The number of hydrogen-bond acceptors (Lipinski definition) is 10. The van der Waals surface area contributed by atoms with Gasteiger partial charge in [0.2, 0.25) is 5.28 Å². The minimum Gasteiger partial charge on any atom is -0.463 e. The van der Waals surface area contributed by atoms with E-state index in [0.717, 1.165) is 0 Å². The van der Waals surface area contributed by atoms with E-state index in [1.807, 2.05) is 0 Å². The molecule has 0 saturated carbocycles. The molecule has 0 aromatic carbocycles. The molecule has 2 aromatic heterocycles. The molecule has 1 aliphatic rings. The van der Waals surface area contributed by atoms with E-state index in [1.54, 1.807) is 0 Å². The average molecular weight is 447 g/mol. The number of rotatable bonds is 5. The number of aromatic nitrogens is 4. The highest BCUT2D eigenvalue weighted by Crippen LogP contribution is 2.36. The number of hydrogen-bond donors (Lipinski definition) is 0. The molecule has 1 aliphatic heterocycles. The highest BCUT2D eigenvalue weighted by atomic mass is 35.5. The normalized spacial score (nSPS) is 23.8. The molecule has 0 N–H and O–H groups in total. The second-order valence-corrected chi connectivity index (χ2v) is 6.82. The van der Waals surface area contributed by atoms with Gasteiger partial charge in [0.05, 0.1) is 6.33 Å². The lowest BCUT2D eigenvalue weighted by atomic mass is 10.1. The third-order valence-electron chi connectivity index (χ3n) is 3.97. The van der Waals surface area contributed by atoms with E-state index in [2.05, 4.69) is 15.0 Å². The molecule has 0 unspecified atom stereocenters. The maximum absolute atomic E-state index is 11.7. The molecule has 3 rings (SSSR count). The highest BCUT2D eigenvalue weighted by Gasteiger charge is 2.51. The van der Waals surface area contributed by atoms with Gasteiger partial charge in [-0.3, -0.25) is 19.0 Å². The van der Waals surface area contributed by atoms with E-state index in [4.69, 9.17) is 42.1 Å². The molecule has 156 valence electrons. The van der Waals surface area contributed by atoms with Crippen molar-refractivity contribution in [2.24, 2.45) is 0 Å². The highest BCUT2D eigenvalue weighted by molar-refractivity contribution is 6.35. The van der Waals surface area contributed by atoms with Crippen molar-refractivity contribution in [3.8, 4) is 0 Å². The fraction of sp³-hybridized carbons (Fsp3) is 0.500. The Morgan fingerprint density at radius 2 is 1.72 bits per heavy atom. The van der Waals surface area contributed by atoms with Gasteiger partial charge in [0.15, 0.2) is 29.2 Å². The minimum atomic E-state index is -1.08.